The molecular weight excluding hydrogens is 186 g/mol. The average molecular weight is 201 g/mol. The molecule has 2 amide bonds. The van der Waals surface area contributed by atoms with Crippen molar-refractivity contribution in [3.8, 4) is 0 Å². The molecule has 0 bridgehead atoms. The normalized spacial score (nSPS) is 20.4. The number of carbonyl (C=O) groups excluding carboxylic acids is 2. The number of aliphatic hydroxyl groups is 1. The van der Waals surface area contributed by atoms with Gasteiger partial charge < -0.3 is 9.84 Å². The molecule has 5 nitrogen and oxygen atoms in total. The third-order valence-electron chi connectivity index (χ3n) is 2.28. The fourth-order valence-electron chi connectivity index (χ4n) is 1.46. The van der Waals surface area contributed by atoms with E-state index in [1.807, 2.05) is 13.8 Å². The van der Waals surface area contributed by atoms with Gasteiger partial charge in [0.1, 0.15) is 13.2 Å². The van der Waals surface area contributed by atoms with Crippen LogP contribution in [0, 0.1) is 5.92 Å². The lowest BCUT2D eigenvalue weighted by Gasteiger charge is -2.33. The molecule has 1 fully saturated rings. The second-order valence-electron chi connectivity index (χ2n) is 3.64. The first kappa shape index (κ1) is 11.1. The second kappa shape index (κ2) is 4.52. The fraction of sp³-hybridized carbons (Fsp3) is 0.778. The maximum atomic E-state index is 11.4. The quantitative estimate of drug-likeness (QED) is 0.618. The molecule has 1 rings (SSSR count). The predicted molar refractivity (Wildman–Crippen MR) is 48.4 cm³/mol. The Bertz CT molecular complexity index is 223. The van der Waals surface area contributed by atoms with E-state index < -0.39 is 6.04 Å². The molecule has 80 valence electrons. The molecule has 1 aliphatic heterocycles. The zero-order valence-electron chi connectivity index (χ0n) is 8.40. The molecule has 0 aliphatic carbocycles. The van der Waals surface area contributed by atoms with Crippen LogP contribution in [0.4, 0.5) is 0 Å². The molecule has 0 radical (unpaired) electrons. The smallest absolute Gasteiger partial charge is 0.255 e. The lowest BCUT2D eigenvalue weighted by Crippen LogP contribution is -2.54. The Morgan fingerprint density at radius 1 is 1.36 bits per heavy atom. The van der Waals surface area contributed by atoms with E-state index in [0.717, 1.165) is 4.90 Å². The topological polar surface area (TPSA) is 66.8 Å². The number of ether oxygens (including phenoxy) is 1. The molecule has 1 atom stereocenters. The Hall–Kier alpha value is -0.940. The monoisotopic (exact) mass is 201 g/mol. The Morgan fingerprint density at radius 3 is 2.21 bits per heavy atom. The minimum Gasteiger partial charge on any atom is -0.394 e. The van der Waals surface area contributed by atoms with Crippen LogP contribution in [-0.2, 0) is 14.3 Å². The van der Waals surface area contributed by atoms with E-state index in [2.05, 4.69) is 0 Å². The molecule has 1 saturated heterocycles. The molecule has 1 aliphatic rings. The van der Waals surface area contributed by atoms with Gasteiger partial charge in [0.05, 0.1) is 12.6 Å². The number of nitrogens with zero attached hydrogens (tertiary/aromatic N) is 1. The van der Waals surface area contributed by atoms with Crippen LogP contribution in [0.15, 0.2) is 0 Å². The maximum Gasteiger partial charge on any atom is 0.255 e. The lowest BCUT2D eigenvalue weighted by atomic mass is 10.0. The number of imide groups is 1. The van der Waals surface area contributed by atoms with Gasteiger partial charge >= 0.3 is 0 Å². The molecular formula is C9H15NO4. The average Bonchev–Trinajstić information content (AvgIpc) is 2.10. The number of carbonyl (C=O) groups is 2. The van der Waals surface area contributed by atoms with Crippen LogP contribution >= 0.6 is 0 Å². The zero-order chi connectivity index (χ0) is 10.7. The van der Waals surface area contributed by atoms with Gasteiger partial charge in [0.25, 0.3) is 11.8 Å². The molecule has 1 N–H and O–H groups in total. The van der Waals surface area contributed by atoms with Crippen molar-refractivity contribution >= 4 is 11.8 Å². The Balaban J connectivity index is 2.80. The summed E-state index contributed by atoms with van der Waals surface area (Å²) in [5.41, 5.74) is 0. The number of hydrogen-bond acceptors (Lipinski definition) is 4. The van der Waals surface area contributed by atoms with E-state index in [4.69, 9.17) is 9.84 Å². The molecule has 0 spiro atoms. The van der Waals surface area contributed by atoms with Gasteiger partial charge in [0, 0.05) is 0 Å². The van der Waals surface area contributed by atoms with Crippen molar-refractivity contribution in [3.63, 3.8) is 0 Å². The number of rotatable bonds is 3. The van der Waals surface area contributed by atoms with Gasteiger partial charge in [-0.25, -0.2) is 0 Å². The van der Waals surface area contributed by atoms with Crippen molar-refractivity contribution in [1.82, 2.24) is 4.90 Å². The third-order valence-corrected chi connectivity index (χ3v) is 2.28. The van der Waals surface area contributed by atoms with Gasteiger partial charge in [-0.15, -0.1) is 0 Å². The molecule has 0 saturated carbocycles. The molecule has 0 aromatic carbocycles. The van der Waals surface area contributed by atoms with Crippen LogP contribution in [0.5, 0.6) is 0 Å². The van der Waals surface area contributed by atoms with Gasteiger partial charge in [-0.05, 0) is 5.92 Å². The standard InChI is InChI=1S/C9H15NO4/c1-6(2)7(3-11)10-8(12)4-14-5-9(10)13/h6-7,11H,3-5H2,1-2H3/t7-/m0/s1. The van der Waals surface area contributed by atoms with Crippen LogP contribution in [0.25, 0.3) is 0 Å². The highest BCUT2D eigenvalue weighted by molar-refractivity contribution is 5.98. The van der Waals surface area contributed by atoms with Gasteiger partial charge in [-0.2, -0.15) is 0 Å². The highest BCUT2D eigenvalue weighted by atomic mass is 16.5. The van der Waals surface area contributed by atoms with Gasteiger partial charge in [0.15, 0.2) is 0 Å². The van der Waals surface area contributed by atoms with Crippen LogP contribution < -0.4 is 0 Å². The molecule has 14 heavy (non-hydrogen) atoms. The minimum atomic E-state index is -0.432. The highest BCUT2D eigenvalue weighted by Gasteiger charge is 2.34. The van der Waals surface area contributed by atoms with Gasteiger partial charge in [-0.1, -0.05) is 13.8 Å². The van der Waals surface area contributed by atoms with E-state index in [-0.39, 0.29) is 37.6 Å². The fourth-order valence-corrected chi connectivity index (χ4v) is 1.46. The summed E-state index contributed by atoms with van der Waals surface area (Å²) in [5, 5.41) is 9.10. The molecule has 0 aromatic heterocycles. The summed E-state index contributed by atoms with van der Waals surface area (Å²) in [5.74, 6) is -0.686. The van der Waals surface area contributed by atoms with Crippen LogP contribution in [0.1, 0.15) is 13.8 Å². The summed E-state index contributed by atoms with van der Waals surface area (Å²) >= 11 is 0. The van der Waals surface area contributed by atoms with Gasteiger partial charge in [0.2, 0.25) is 0 Å². The SMILES string of the molecule is CC(C)[C@H](CO)N1C(=O)COCC1=O. The predicted octanol–water partition coefficient (Wildman–Crippen LogP) is -0.611. The summed E-state index contributed by atoms with van der Waals surface area (Å²) < 4.78 is 4.78. The van der Waals surface area contributed by atoms with Crippen molar-refractivity contribution in [1.29, 1.82) is 0 Å². The molecule has 0 unspecified atom stereocenters. The Morgan fingerprint density at radius 2 is 1.86 bits per heavy atom. The number of morpholine rings is 1. The molecule has 0 aromatic rings. The van der Waals surface area contributed by atoms with E-state index in [1.165, 1.54) is 0 Å². The number of aliphatic hydroxyl groups excluding tert-OH is 1. The van der Waals surface area contributed by atoms with Crippen LogP contribution in [0.3, 0.4) is 0 Å². The first-order chi connectivity index (χ1) is 6.57. The highest BCUT2D eigenvalue weighted by Crippen LogP contribution is 2.13. The van der Waals surface area contributed by atoms with Gasteiger partial charge in [-0.3, -0.25) is 14.5 Å². The summed E-state index contributed by atoms with van der Waals surface area (Å²) in [4.78, 5) is 23.9. The maximum absolute atomic E-state index is 11.4. The lowest BCUT2D eigenvalue weighted by molar-refractivity contribution is -0.163. The van der Waals surface area contributed by atoms with Crippen molar-refractivity contribution in [2.75, 3.05) is 19.8 Å². The number of hydrogen-bond donors (Lipinski definition) is 1. The van der Waals surface area contributed by atoms with Crippen molar-refractivity contribution in [3.05, 3.63) is 0 Å². The molecule has 1 heterocycles. The Kier molecular flexibility index (Phi) is 3.60. The summed E-state index contributed by atoms with van der Waals surface area (Å²) in [7, 11) is 0. The van der Waals surface area contributed by atoms with E-state index in [1.54, 1.807) is 0 Å². The van der Waals surface area contributed by atoms with Crippen molar-refractivity contribution < 1.29 is 19.4 Å². The third kappa shape index (κ3) is 2.10. The summed E-state index contributed by atoms with van der Waals surface area (Å²) in [6.45, 7) is 3.37. The summed E-state index contributed by atoms with van der Waals surface area (Å²) in [6, 6.07) is -0.432. The molecule has 5 heteroatoms. The first-order valence-electron chi connectivity index (χ1n) is 4.61. The van der Waals surface area contributed by atoms with Crippen molar-refractivity contribution in [2.45, 2.75) is 19.9 Å². The summed E-state index contributed by atoms with van der Waals surface area (Å²) in [6.07, 6.45) is 0. The van der Waals surface area contributed by atoms with Crippen LogP contribution in [0.2, 0.25) is 0 Å². The number of amides is 2. The second-order valence-corrected chi connectivity index (χ2v) is 3.64. The Labute approximate surface area is 82.6 Å². The van der Waals surface area contributed by atoms with E-state index in [0.29, 0.717) is 0 Å². The van der Waals surface area contributed by atoms with E-state index in [9.17, 15) is 9.59 Å². The van der Waals surface area contributed by atoms with Crippen molar-refractivity contribution in [2.24, 2.45) is 5.92 Å². The van der Waals surface area contributed by atoms with E-state index >= 15 is 0 Å². The zero-order valence-corrected chi connectivity index (χ0v) is 8.40. The largest absolute Gasteiger partial charge is 0.394 e. The first-order valence-corrected chi connectivity index (χ1v) is 4.61. The minimum absolute atomic E-state index is 0.0472. The van der Waals surface area contributed by atoms with Crippen LogP contribution in [-0.4, -0.2) is 47.7 Å².